The normalized spacial score (nSPS) is 21.5. The molecule has 1 heterocycles. The lowest BCUT2D eigenvalue weighted by atomic mass is 9.93. The summed E-state index contributed by atoms with van der Waals surface area (Å²) in [7, 11) is -2.84. The molecule has 5 heteroatoms. The summed E-state index contributed by atoms with van der Waals surface area (Å²) in [5.74, 6) is 0.846. The zero-order valence-electron chi connectivity index (χ0n) is 9.53. The molecule has 0 aliphatic carbocycles. The summed E-state index contributed by atoms with van der Waals surface area (Å²) >= 11 is 0. The molecule has 1 N–H and O–H groups in total. The topological polar surface area (TPSA) is 55.4 Å². The minimum atomic E-state index is -2.84. The summed E-state index contributed by atoms with van der Waals surface area (Å²) in [4.78, 5) is 0. The number of ether oxygens (including phenoxy) is 1. The third-order valence-electron chi connectivity index (χ3n) is 2.91. The van der Waals surface area contributed by atoms with Gasteiger partial charge in [0.15, 0.2) is 0 Å². The lowest BCUT2D eigenvalue weighted by Crippen LogP contribution is -2.38. The van der Waals surface area contributed by atoms with Crippen molar-refractivity contribution in [1.82, 2.24) is 5.32 Å². The fraction of sp³-hybridized carbons (Fsp3) is 1.00. The van der Waals surface area contributed by atoms with Crippen LogP contribution in [0.5, 0.6) is 0 Å². The zero-order valence-corrected chi connectivity index (χ0v) is 10.3. The Morgan fingerprint density at radius 1 is 1.40 bits per heavy atom. The van der Waals surface area contributed by atoms with Gasteiger partial charge < -0.3 is 10.1 Å². The van der Waals surface area contributed by atoms with Gasteiger partial charge in [0.05, 0.1) is 5.75 Å². The van der Waals surface area contributed by atoms with Crippen molar-refractivity contribution in [2.24, 2.45) is 5.92 Å². The second kappa shape index (κ2) is 5.82. The van der Waals surface area contributed by atoms with E-state index in [2.05, 4.69) is 12.2 Å². The molecular weight excluding hydrogens is 214 g/mol. The maximum Gasteiger partial charge on any atom is 0.148 e. The van der Waals surface area contributed by atoms with Crippen LogP contribution in [0.2, 0.25) is 0 Å². The average molecular weight is 235 g/mol. The lowest BCUT2D eigenvalue weighted by Gasteiger charge is -2.28. The van der Waals surface area contributed by atoms with Crippen LogP contribution in [0.3, 0.4) is 0 Å². The summed E-state index contributed by atoms with van der Waals surface area (Å²) in [6.45, 7) is 4.35. The number of rotatable bonds is 5. The van der Waals surface area contributed by atoms with Crippen molar-refractivity contribution >= 4 is 9.84 Å². The van der Waals surface area contributed by atoms with Crippen molar-refractivity contribution in [3.63, 3.8) is 0 Å². The monoisotopic (exact) mass is 235 g/mol. The molecule has 0 aromatic rings. The predicted octanol–water partition coefficient (Wildman–Crippen LogP) is 0.436. The molecular formula is C10H21NO3S. The summed E-state index contributed by atoms with van der Waals surface area (Å²) in [6.07, 6.45) is 3.42. The van der Waals surface area contributed by atoms with Gasteiger partial charge in [-0.05, 0) is 25.7 Å². The van der Waals surface area contributed by atoms with E-state index < -0.39 is 9.84 Å². The Morgan fingerprint density at radius 3 is 2.53 bits per heavy atom. The second-order valence-corrected chi connectivity index (χ2v) is 6.58. The molecule has 0 radical (unpaired) electrons. The van der Waals surface area contributed by atoms with E-state index >= 15 is 0 Å². The number of hydrogen-bond donors (Lipinski definition) is 1. The van der Waals surface area contributed by atoms with E-state index in [1.807, 2.05) is 0 Å². The van der Waals surface area contributed by atoms with E-state index in [4.69, 9.17) is 4.74 Å². The van der Waals surface area contributed by atoms with Crippen LogP contribution in [0.1, 0.15) is 19.8 Å². The minimum absolute atomic E-state index is 0.223. The van der Waals surface area contributed by atoms with Crippen LogP contribution in [-0.4, -0.2) is 46.2 Å². The zero-order chi connectivity index (χ0) is 11.3. The molecule has 90 valence electrons. The summed E-state index contributed by atoms with van der Waals surface area (Å²) in [5, 5.41) is 3.27. The summed E-state index contributed by atoms with van der Waals surface area (Å²) < 4.78 is 27.1. The van der Waals surface area contributed by atoms with Gasteiger partial charge in [0.2, 0.25) is 0 Å². The van der Waals surface area contributed by atoms with Crippen LogP contribution < -0.4 is 5.32 Å². The molecule has 4 nitrogen and oxygen atoms in total. The van der Waals surface area contributed by atoms with Crippen molar-refractivity contribution < 1.29 is 13.2 Å². The Hall–Kier alpha value is -0.130. The molecule has 0 aromatic heterocycles. The van der Waals surface area contributed by atoms with E-state index in [0.29, 0.717) is 18.5 Å². The highest BCUT2D eigenvalue weighted by Gasteiger charge is 2.19. The summed E-state index contributed by atoms with van der Waals surface area (Å²) in [5.41, 5.74) is 0. The van der Waals surface area contributed by atoms with Crippen LogP contribution in [0.25, 0.3) is 0 Å². The van der Waals surface area contributed by atoms with E-state index in [1.165, 1.54) is 6.26 Å². The van der Waals surface area contributed by atoms with Crippen molar-refractivity contribution in [3.05, 3.63) is 0 Å². The smallest absolute Gasteiger partial charge is 0.148 e. The first-order valence-electron chi connectivity index (χ1n) is 5.48. The minimum Gasteiger partial charge on any atom is -0.381 e. The average Bonchev–Trinajstić information content (AvgIpc) is 2.17. The molecule has 15 heavy (non-hydrogen) atoms. The second-order valence-electron chi connectivity index (χ2n) is 4.32. The van der Waals surface area contributed by atoms with Crippen LogP contribution in [0.4, 0.5) is 0 Å². The standard InChI is InChI=1S/C10H21NO3S/c1-9(10-3-6-14-7-4-10)11-5-8-15(2,12)13/h9-11H,3-8H2,1-2H3. The first-order valence-corrected chi connectivity index (χ1v) is 7.54. The molecule has 0 amide bonds. The molecule has 0 aromatic carbocycles. The van der Waals surface area contributed by atoms with Gasteiger partial charge in [0, 0.05) is 32.1 Å². The molecule has 0 spiro atoms. The Bertz CT molecular complexity index is 270. The Kier molecular flexibility index (Phi) is 5.02. The first-order chi connectivity index (χ1) is 6.99. The van der Waals surface area contributed by atoms with E-state index in [0.717, 1.165) is 26.1 Å². The number of sulfone groups is 1. The van der Waals surface area contributed by atoms with Crippen molar-refractivity contribution in [2.45, 2.75) is 25.8 Å². The predicted molar refractivity (Wildman–Crippen MR) is 60.7 cm³/mol. The van der Waals surface area contributed by atoms with Crippen LogP contribution in [-0.2, 0) is 14.6 Å². The van der Waals surface area contributed by atoms with Crippen molar-refractivity contribution in [3.8, 4) is 0 Å². The highest BCUT2D eigenvalue weighted by molar-refractivity contribution is 7.90. The van der Waals surface area contributed by atoms with Crippen LogP contribution in [0.15, 0.2) is 0 Å². The first kappa shape index (κ1) is 12.9. The van der Waals surface area contributed by atoms with Crippen LogP contribution in [0, 0.1) is 5.92 Å². The fourth-order valence-electron chi connectivity index (χ4n) is 1.85. The van der Waals surface area contributed by atoms with Gasteiger partial charge in [-0.2, -0.15) is 0 Å². The van der Waals surface area contributed by atoms with Gasteiger partial charge in [-0.1, -0.05) is 0 Å². The maximum atomic E-state index is 10.9. The Labute approximate surface area is 92.3 Å². The van der Waals surface area contributed by atoms with E-state index in [9.17, 15) is 8.42 Å². The Morgan fingerprint density at radius 2 is 2.00 bits per heavy atom. The molecule has 1 aliphatic heterocycles. The molecule has 1 rings (SSSR count). The van der Waals surface area contributed by atoms with E-state index in [1.54, 1.807) is 0 Å². The highest BCUT2D eigenvalue weighted by atomic mass is 32.2. The van der Waals surface area contributed by atoms with E-state index in [-0.39, 0.29) is 5.75 Å². The largest absolute Gasteiger partial charge is 0.381 e. The van der Waals surface area contributed by atoms with Gasteiger partial charge in [-0.25, -0.2) is 8.42 Å². The van der Waals surface area contributed by atoms with Gasteiger partial charge in [0.25, 0.3) is 0 Å². The molecule has 1 fully saturated rings. The number of nitrogens with one attached hydrogen (secondary N) is 1. The highest BCUT2D eigenvalue weighted by Crippen LogP contribution is 2.18. The summed E-state index contributed by atoms with van der Waals surface area (Å²) in [6, 6.07) is 0.385. The maximum absolute atomic E-state index is 10.9. The molecule has 1 unspecified atom stereocenters. The third kappa shape index (κ3) is 5.49. The van der Waals surface area contributed by atoms with Gasteiger partial charge >= 0.3 is 0 Å². The molecule has 0 saturated carbocycles. The lowest BCUT2D eigenvalue weighted by molar-refractivity contribution is 0.0562. The third-order valence-corrected chi connectivity index (χ3v) is 3.86. The molecule has 1 atom stereocenters. The van der Waals surface area contributed by atoms with Gasteiger partial charge in [-0.15, -0.1) is 0 Å². The number of hydrogen-bond acceptors (Lipinski definition) is 4. The molecule has 0 bridgehead atoms. The van der Waals surface area contributed by atoms with Crippen LogP contribution >= 0.6 is 0 Å². The van der Waals surface area contributed by atoms with Gasteiger partial charge in [-0.3, -0.25) is 0 Å². The fourth-order valence-corrected chi connectivity index (χ4v) is 2.34. The van der Waals surface area contributed by atoms with Crippen molar-refractivity contribution in [1.29, 1.82) is 0 Å². The van der Waals surface area contributed by atoms with Gasteiger partial charge in [0.1, 0.15) is 9.84 Å². The molecule has 1 saturated heterocycles. The molecule has 1 aliphatic rings. The van der Waals surface area contributed by atoms with Crippen molar-refractivity contribution in [2.75, 3.05) is 31.8 Å². The SMILES string of the molecule is CC(NCCS(C)(=O)=O)C1CCOCC1. The quantitative estimate of drug-likeness (QED) is 0.751. The Balaban J connectivity index is 2.20.